The number of fused-ring (bicyclic) bond motifs is 2. The van der Waals surface area contributed by atoms with Gasteiger partial charge in [0.25, 0.3) is 0 Å². The number of allylic oxidation sites excluding steroid dienone is 1. The minimum Gasteiger partial charge on any atom is -0.456 e. The van der Waals surface area contributed by atoms with Crippen molar-refractivity contribution in [3.8, 4) is 11.3 Å². The van der Waals surface area contributed by atoms with Gasteiger partial charge in [-0.15, -0.1) is 0 Å². The molecule has 4 atom stereocenters. The molecule has 5 heterocycles. The van der Waals surface area contributed by atoms with E-state index < -0.39 is 24.3 Å². The van der Waals surface area contributed by atoms with Crippen LogP contribution in [-0.2, 0) is 19.1 Å². The van der Waals surface area contributed by atoms with Gasteiger partial charge in [-0.1, -0.05) is 33.8 Å². The van der Waals surface area contributed by atoms with Crippen LogP contribution in [0.15, 0.2) is 63.0 Å². The van der Waals surface area contributed by atoms with Gasteiger partial charge in [0.2, 0.25) is 17.2 Å². The highest BCUT2D eigenvalue weighted by molar-refractivity contribution is 6.04. The average Bonchev–Trinajstić information content (AvgIpc) is 4.05. The van der Waals surface area contributed by atoms with Crippen LogP contribution in [0, 0.1) is 11.8 Å². The van der Waals surface area contributed by atoms with Crippen LogP contribution in [0.25, 0.3) is 38.8 Å². The molecule has 0 unspecified atom stereocenters. The smallest absolute Gasteiger partial charge is 0.407 e. The lowest BCUT2D eigenvalue weighted by molar-refractivity contribution is -0.135. The molecule has 15 heteroatoms. The molecule has 2 saturated heterocycles. The van der Waals surface area contributed by atoms with E-state index in [4.69, 9.17) is 18.9 Å². The topological polar surface area (TPSA) is 189 Å². The molecular weight excluding hydrogens is 731 g/mol. The number of imidazole rings is 1. The summed E-state index contributed by atoms with van der Waals surface area (Å²) in [5, 5.41) is 6.23. The van der Waals surface area contributed by atoms with Crippen molar-refractivity contribution in [3.05, 3.63) is 70.4 Å². The Morgan fingerprint density at radius 2 is 1.42 bits per heavy atom. The van der Waals surface area contributed by atoms with E-state index in [1.54, 1.807) is 29.3 Å². The van der Waals surface area contributed by atoms with Gasteiger partial charge in [0.15, 0.2) is 0 Å². The number of hydrogen-bond acceptors (Lipinski definition) is 10. The molecule has 2 aromatic carbocycles. The van der Waals surface area contributed by atoms with Gasteiger partial charge in [0.1, 0.15) is 29.1 Å². The average molecular weight is 780 g/mol. The quantitative estimate of drug-likeness (QED) is 0.164. The van der Waals surface area contributed by atoms with Crippen LogP contribution in [0.1, 0.15) is 77.2 Å². The number of nitrogens with one attached hydrogen (secondary N) is 3. The lowest BCUT2D eigenvalue weighted by Gasteiger charge is -2.31. The monoisotopic (exact) mass is 779 g/mol. The number of aromatic amines is 1. The number of aliphatic imine (C=N–C) groups is 1. The summed E-state index contributed by atoms with van der Waals surface area (Å²) < 4.78 is 15.8. The van der Waals surface area contributed by atoms with E-state index in [-0.39, 0.29) is 41.2 Å². The zero-order chi connectivity index (χ0) is 40.5. The van der Waals surface area contributed by atoms with E-state index in [1.165, 1.54) is 14.2 Å². The highest BCUT2D eigenvalue weighted by atomic mass is 16.5. The van der Waals surface area contributed by atoms with Crippen LogP contribution in [0.5, 0.6) is 0 Å². The first kappa shape index (κ1) is 39.3. The third kappa shape index (κ3) is 7.74. The van der Waals surface area contributed by atoms with Crippen molar-refractivity contribution < 1.29 is 33.1 Å². The van der Waals surface area contributed by atoms with Crippen molar-refractivity contribution >= 4 is 57.2 Å². The third-order valence-electron chi connectivity index (χ3n) is 11.3. The Bertz CT molecular complexity index is 2340. The number of carbonyl (C=O) groups excluding carboxylic acids is 4. The highest BCUT2D eigenvalue weighted by Gasteiger charge is 2.39. The Kier molecular flexibility index (Phi) is 11.2. The predicted molar refractivity (Wildman–Crippen MR) is 214 cm³/mol. The van der Waals surface area contributed by atoms with Crippen molar-refractivity contribution in [2.75, 3.05) is 27.3 Å². The van der Waals surface area contributed by atoms with E-state index >= 15 is 0 Å². The molecule has 57 heavy (non-hydrogen) atoms. The molecule has 3 aliphatic rings. The van der Waals surface area contributed by atoms with Crippen LogP contribution >= 0.6 is 0 Å². The number of likely N-dealkylation sites (tertiary alicyclic amines) is 2. The first-order valence-corrected chi connectivity index (χ1v) is 19.5. The van der Waals surface area contributed by atoms with Gasteiger partial charge >= 0.3 is 12.2 Å². The fraction of sp³-hybridized carbons (Fsp3) is 0.452. The molecule has 0 radical (unpaired) electrons. The van der Waals surface area contributed by atoms with E-state index in [0.717, 1.165) is 48.1 Å². The maximum absolute atomic E-state index is 13.9. The molecule has 4 aromatic rings. The fourth-order valence-electron chi connectivity index (χ4n) is 8.15. The Labute approximate surface area is 329 Å². The van der Waals surface area contributed by atoms with Crippen molar-refractivity contribution in [2.45, 2.75) is 84.0 Å². The standard InChI is InChI=1S/C42H49N7O8/c1-22(2)35(46-41(53)55-5)39(51)48-15-7-9-31(48)29-18-26(20-43-29)24-11-13-27-34(19-24)57-33-14-12-25(17-28(33)37(27)50)30-21-44-38(45-30)32-10-8-16-49(32)40(52)36(23(3)4)47-42(54)56-6/h11-14,17,19-23,31-32,35-36H,7-10,15-16,18H2,1-6H3,(H,44,45)(H,46,53)(H,47,54)/t31-,32-,35-,36-/m0/s1. The van der Waals surface area contributed by atoms with Crippen LogP contribution in [0.3, 0.4) is 0 Å². The number of benzene rings is 2. The molecule has 0 bridgehead atoms. The summed E-state index contributed by atoms with van der Waals surface area (Å²) in [6, 6.07) is 9.05. The van der Waals surface area contributed by atoms with Gasteiger partial charge in [-0.05, 0) is 79.0 Å². The second kappa shape index (κ2) is 16.2. The van der Waals surface area contributed by atoms with Crippen molar-refractivity contribution in [1.82, 2.24) is 30.4 Å². The van der Waals surface area contributed by atoms with Crippen LogP contribution in [0.4, 0.5) is 9.59 Å². The molecular formula is C42H49N7O8. The van der Waals surface area contributed by atoms with E-state index in [1.807, 2.05) is 57.0 Å². The van der Waals surface area contributed by atoms with Gasteiger partial charge in [-0.25, -0.2) is 14.6 Å². The normalized spacial score (nSPS) is 19.2. The van der Waals surface area contributed by atoms with Crippen molar-refractivity contribution in [2.24, 2.45) is 16.8 Å². The summed E-state index contributed by atoms with van der Waals surface area (Å²) in [5.74, 6) is 0.0199. The van der Waals surface area contributed by atoms with Crippen molar-refractivity contribution in [1.29, 1.82) is 0 Å². The van der Waals surface area contributed by atoms with E-state index in [2.05, 4.69) is 20.6 Å². The molecule has 300 valence electrons. The molecule has 15 nitrogen and oxygen atoms in total. The van der Waals surface area contributed by atoms with E-state index in [9.17, 15) is 24.0 Å². The molecule has 7 rings (SSSR count). The number of aromatic nitrogens is 2. The molecule has 0 spiro atoms. The summed E-state index contributed by atoms with van der Waals surface area (Å²) >= 11 is 0. The van der Waals surface area contributed by atoms with Gasteiger partial charge < -0.3 is 39.3 Å². The number of H-pyrrole nitrogens is 1. The molecule has 4 amide bonds. The Morgan fingerprint density at radius 1 is 0.807 bits per heavy atom. The maximum atomic E-state index is 13.9. The number of rotatable bonds is 10. The third-order valence-corrected chi connectivity index (χ3v) is 11.3. The zero-order valence-corrected chi connectivity index (χ0v) is 33.1. The Hall–Kier alpha value is -5.99. The van der Waals surface area contributed by atoms with Crippen LogP contribution in [0.2, 0.25) is 0 Å². The SMILES string of the molecule is COC(=O)N[C@H](C(=O)N1CCC[C@H]1C1=NC=C(c2ccc3c(=O)c4cc(-c5cnc([C@@H]6CCCN6C(=O)[C@@H](NC(=O)OC)C(C)C)[nH]5)ccc4oc3c2)C1)C(C)C. The zero-order valence-electron chi connectivity index (χ0n) is 33.1. The molecule has 2 aromatic heterocycles. The minimum absolute atomic E-state index is 0.125. The van der Waals surface area contributed by atoms with Crippen LogP contribution in [-0.4, -0.2) is 94.9 Å². The van der Waals surface area contributed by atoms with Gasteiger partial charge in [0.05, 0.1) is 49.0 Å². The summed E-state index contributed by atoms with van der Waals surface area (Å²) in [6.45, 7) is 8.65. The number of ether oxygens (including phenoxy) is 2. The summed E-state index contributed by atoms with van der Waals surface area (Å²) in [4.78, 5) is 81.4. The minimum atomic E-state index is -0.735. The number of alkyl carbamates (subject to hydrolysis) is 2. The second-order valence-electron chi connectivity index (χ2n) is 15.6. The molecule has 2 fully saturated rings. The summed E-state index contributed by atoms with van der Waals surface area (Å²) in [5.41, 5.74) is 4.87. The predicted octanol–water partition coefficient (Wildman–Crippen LogP) is 5.94. The first-order chi connectivity index (χ1) is 27.4. The second-order valence-corrected chi connectivity index (χ2v) is 15.6. The molecule has 3 N–H and O–H groups in total. The lowest BCUT2D eigenvalue weighted by atomic mass is 9.96. The Morgan fingerprint density at radius 3 is 2.05 bits per heavy atom. The summed E-state index contributed by atoms with van der Waals surface area (Å²) in [6.07, 6.45) is 5.89. The van der Waals surface area contributed by atoms with Crippen molar-refractivity contribution in [3.63, 3.8) is 0 Å². The number of amides is 4. The van der Waals surface area contributed by atoms with Crippen LogP contribution < -0.4 is 16.1 Å². The maximum Gasteiger partial charge on any atom is 0.407 e. The lowest BCUT2D eigenvalue weighted by Crippen LogP contribution is -2.53. The highest BCUT2D eigenvalue weighted by Crippen LogP contribution is 2.35. The first-order valence-electron chi connectivity index (χ1n) is 19.5. The summed E-state index contributed by atoms with van der Waals surface area (Å²) in [7, 11) is 2.55. The van der Waals surface area contributed by atoms with E-state index in [0.29, 0.717) is 53.0 Å². The number of carbonyl (C=O) groups is 4. The Balaban J connectivity index is 1.07. The molecule has 0 aliphatic carbocycles. The number of methoxy groups -OCH3 is 2. The number of hydrogen-bond donors (Lipinski definition) is 3. The molecule has 3 aliphatic heterocycles. The van der Waals surface area contributed by atoms with Gasteiger partial charge in [0, 0.05) is 37.0 Å². The number of nitrogens with zero attached hydrogens (tertiary/aromatic N) is 4. The van der Waals surface area contributed by atoms with Gasteiger partial charge in [-0.3, -0.25) is 19.4 Å². The van der Waals surface area contributed by atoms with Gasteiger partial charge in [-0.2, -0.15) is 0 Å². The molecule has 0 saturated carbocycles. The largest absolute Gasteiger partial charge is 0.456 e. The fourth-order valence-corrected chi connectivity index (χ4v) is 8.15.